The summed E-state index contributed by atoms with van der Waals surface area (Å²) < 4.78 is 6.90. The molecule has 0 aliphatic carbocycles. The lowest BCUT2D eigenvalue weighted by Gasteiger charge is -2.31. The molecule has 4 rings (SSSR count). The van der Waals surface area contributed by atoms with Crippen LogP contribution in [0.5, 0.6) is 0 Å². The number of nitrogens with one attached hydrogen (secondary N) is 2. The second kappa shape index (κ2) is 9.91. The third-order valence-electron chi connectivity index (χ3n) is 5.88. The van der Waals surface area contributed by atoms with Crippen molar-refractivity contribution in [3.8, 4) is 0 Å². The molecule has 0 atom stereocenters. The maximum absolute atomic E-state index is 12.8. The summed E-state index contributed by atoms with van der Waals surface area (Å²) in [5.74, 6) is -0.665. The Morgan fingerprint density at radius 2 is 1.76 bits per heavy atom. The predicted octanol–water partition coefficient (Wildman–Crippen LogP) is 3.04. The van der Waals surface area contributed by atoms with E-state index < -0.39 is 5.76 Å². The van der Waals surface area contributed by atoms with Gasteiger partial charge in [0, 0.05) is 43.5 Å². The Bertz CT molecular complexity index is 1180. The number of amides is 3. The van der Waals surface area contributed by atoms with E-state index in [2.05, 4.69) is 10.6 Å². The molecule has 0 saturated carbocycles. The largest absolute Gasteiger partial charge is 0.419 e. The zero-order valence-corrected chi connectivity index (χ0v) is 18.9. The average Bonchev–Trinajstić information content (AvgIpc) is 3.12. The Balaban J connectivity index is 1.35. The summed E-state index contributed by atoms with van der Waals surface area (Å²) in [7, 11) is 3.88. The van der Waals surface area contributed by atoms with Crippen molar-refractivity contribution in [3.05, 3.63) is 59.1 Å². The van der Waals surface area contributed by atoms with Gasteiger partial charge in [-0.1, -0.05) is 18.2 Å². The molecule has 174 valence electrons. The monoisotopic (exact) mass is 451 g/mol. The number of nitrogens with zero attached hydrogens (tertiary/aromatic N) is 3. The van der Waals surface area contributed by atoms with E-state index in [1.54, 1.807) is 27.7 Å². The van der Waals surface area contributed by atoms with E-state index in [0.29, 0.717) is 55.8 Å². The predicted molar refractivity (Wildman–Crippen MR) is 127 cm³/mol. The van der Waals surface area contributed by atoms with Crippen molar-refractivity contribution >= 4 is 34.4 Å². The molecule has 0 radical (unpaired) electrons. The number of urea groups is 1. The van der Waals surface area contributed by atoms with Crippen molar-refractivity contribution in [1.82, 2.24) is 14.4 Å². The van der Waals surface area contributed by atoms with E-state index in [-0.39, 0.29) is 17.9 Å². The summed E-state index contributed by atoms with van der Waals surface area (Å²) in [6, 6.07) is 14.4. The number of oxazole rings is 1. The Kier molecular flexibility index (Phi) is 6.79. The Morgan fingerprint density at radius 3 is 2.45 bits per heavy atom. The van der Waals surface area contributed by atoms with E-state index in [0.717, 1.165) is 5.69 Å². The summed E-state index contributed by atoms with van der Waals surface area (Å²) in [4.78, 5) is 41.2. The van der Waals surface area contributed by atoms with E-state index >= 15 is 0 Å². The normalized spacial score (nSPS) is 14.6. The summed E-state index contributed by atoms with van der Waals surface area (Å²) in [5.41, 5.74) is 2.53. The van der Waals surface area contributed by atoms with Crippen LogP contribution in [0.3, 0.4) is 0 Å². The van der Waals surface area contributed by atoms with Crippen molar-refractivity contribution in [2.45, 2.75) is 19.4 Å². The van der Waals surface area contributed by atoms with Gasteiger partial charge < -0.3 is 24.9 Å². The Morgan fingerprint density at radius 1 is 1.03 bits per heavy atom. The van der Waals surface area contributed by atoms with Gasteiger partial charge >= 0.3 is 11.8 Å². The van der Waals surface area contributed by atoms with Crippen LogP contribution < -0.4 is 16.4 Å². The molecular weight excluding hydrogens is 422 g/mol. The number of piperidine rings is 1. The maximum atomic E-state index is 12.8. The van der Waals surface area contributed by atoms with Gasteiger partial charge in [-0.15, -0.1) is 0 Å². The van der Waals surface area contributed by atoms with Crippen molar-refractivity contribution in [2.24, 2.45) is 5.92 Å². The first kappa shape index (κ1) is 22.6. The quantitative estimate of drug-likeness (QED) is 0.600. The van der Waals surface area contributed by atoms with E-state index in [4.69, 9.17) is 4.42 Å². The van der Waals surface area contributed by atoms with Crippen LogP contribution in [0.4, 0.5) is 16.2 Å². The molecule has 3 aromatic rings. The molecule has 1 aliphatic rings. The molecule has 0 spiro atoms. The molecule has 0 bridgehead atoms. The molecule has 1 fully saturated rings. The highest BCUT2D eigenvalue weighted by atomic mass is 16.4. The number of hydrogen-bond donors (Lipinski definition) is 2. The first-order valence-electron chi connectivity index (χ1n) is 11.1. The highest BCUT2D eigenvalue weighted by Crippen LogP contribution is 2.23. The van der Waals surface area contributed by atoms with Crippen LogP contribution in [0.15, 0.2) is 57.7 Å². The number of likely N-dealkylation sites (tertiary alicyclic amines) is 1. The molecule has 1 aromatic heterocycles. The van der Waals surface area contributed by atoms with E-state index in [1.165, 1.54) is 0 Å². The van der Waals surface area contributed by atoms with Crippen LogP contribution in [-0.4, -0.2) is 60.0 Å². The smallest absolute Gasteiger partial charge is 0.408 e. The Hall–Kier alpha value is -3.59. The number of para-hydroxylation sites is 1. The third kappa shape index (κ3) is 5.43. The van der Waals surface area contributed by atoms with Crippen LogP contribution in [0, 0.1) is 5.92 Å². The van der Waals surface area contributed by atoms with Gasteiger partial charge in [-0.05, 0) is 57.3 Å². The van der Waals surface area contributed by atoms with Gasteiger partial charge in [0.2, 0.25) is 5.91 Å². The van der Waals surface area contributed by atoms with Crippen LogP contribution in [0.1, 0.15) is 12.8 Å². The van der Waals surface area contributed by atoms with Crippen LogP contribution >= 0.6 is 0 Å². The number of carbonyl (C=O) groups is 2. The van der Waals surface area contributed by atoms with Gasteiger partial charge in [0.1, 0.15) is 0 Å². The lowest BCUT2D eigenvalue weighted by atomic mass is 9.96. The van der Waals surface area contributed by atoms with Gasteiger partial charge in [0.05, 0.1) is 5.52 Å². The summed E-state index contributed by atoms with van der Waals surface area (Å²) in [5, 5.41) is 5.85. The number of anilines is 2. The minimum atomic E-state index is -0.406. The van der Waals surface area contributed by atoms with Crippen molar-refractivity contribution < 1.29 is 14.0 Å². The van der Waals surface area contributed by atoms with Gasteiger partial charge in [0.25, 0.3) is 0 Å². The van der Waals surface area contributed by atoms with Crippen LogP contribution in [-0.2, 0) is 11.3 Å². The fraction of sp³-hybridized carbons (Fsp3) is 0.375. The average molecular weight is 452 g/mol. The van der Waals surface area contributed by atoms with E-state index in [9.17, 15) is 14.4 Å². The molecule has 1 aliphatic heterocycles. The number of rotatable bonds is 6. The number of benzene rings is 2. The fourth-order valence-corrected chi connectivity index (χ4v) is 3.96. The van der Waals surface area contributed by atoms with Gasteiger partial charge in [-0.2, -0.15) is 0 Å². The highest BCUT2D eigenvalue weighted by Gasteiger charge is 2.27. The molecular formula is C24H29N5O4. The summed E-state index contributed by atoms with van der Waals surface area (Å²) in [6.07, 6.45) is 1.19. The number of fused-ring (bicyclic) bond motifs is 1. The van der Waals surface area contributed by atoms with Gasteiger partial charge in [-0.3, -0.25) is 9.36 Å². The molecule has 9 nitrogen and oxygen atoms in total. The van der Waals surface area contributed by atoms with Crippen molar-refractivity contribution in [3.63, 3.8) is 0 Å². The molecule has 2 N–H and O–H groups in total. The topological polar surface area (TPSA) is 99.8 Å². The molecule has 33 heavy (non-hydrogen) atoms. The van der Waals surface area contributed by atoms with Crippen LogP contribution in [0.25, 0.3) is 11.1 Å². The number of likely N-dealkylation sites (N-methyl/N-ethyl adjacent to an activating group) is 1. The zero-order chi connectivity index (χ0) is 23.4. The lowest BCUT2D eigenvalue weighted by Crippen LogP contribution is -2.43. The first-order valence-corrected chi connectivity index (χ1v) is 11.1. The van der Waals surface area contributed by atoms with Crippen molar-refractivity contribution in [1.29, 1.82) is 0 Å². The summed E-state index contributed by atoms with van der Waals surface area (Å²) >= 11 is 0. The first-order chi connectivity index (χ1) is 15.9. The molecule has 2 heterocycles. The van der Waals surface area contributed by atoms with Gasteiger partial charge in [-0.25, -0.2) is 9.59 Å². The second-order valence-electron chi connectivity index (χ2n) is 8.55. The number of aromatic nitrogens is 1. The standard InChI is InChI=1S/C24H29N5O4/c1-27(2)14-15-29-20-16-19(8-9-21(20)33-24(29)32)25-22(30)17-10-12-28(13-11-17)23(31)26-18-6-4-3-5-7-18/h3-9,16-17H,10-15H2,1-2H3,(H,25,30)(H,26,31). The zero-order valence-electron chi connectivity index (χ0n) is 18.9. The van der Waals surface area contributed by atoms with Gasteiger partial charge in [0.15, 0.2) is 5.58 Å². The highest BCUT2D eigenvalue weighted by molar-refractivity contribution is 5.95. The van der Waals surface area contributed by atoms with Crippen LogP contribution in [0.2, 0.25) is 0 Å². The minimum Gasteiger partial charge on any atom is -0.408 e. The fourth-order valence-electron chi connectivity index (χ4n) is 3.96. The SMILES string of the molecule is CN(C)CCn1c(=O)oc2ccc(NC(=O)C3CCN(C(=O)Nc4ccccc4)CC3)cc21. The second-order valence-corrected chi connectivity index (χ2v) is 8.55. The maximum Gasteiger partial charge on any atom is 0.419 e. The molecule has 2 aromatic carbocycles. The number of carbonyl (C=O) groups excluding carboxylic acids is 2. The molecule has 1 saturated heterocycles. The molecule has 0 unspecified atom stereocenters. The Labute approximate surface area is 192 Å². The lowest BCUT2D eigenvalue weighted by molar-refractivity contribution is -0.121. The number of hydrogen-bond acceptors (Lipinski definition) is 5. The molecule has 3 amide bonds. The third-order valence-corrected chi connectivity index (χ3v) is 5.88. The minimum absolute atomic E-state index is 0.0804. The van der Waals surface area contributed by atoms with E-state index in [1.807, 2.05) is 49.3 Å². The molecule has 9 heteroatoms. The summed E-state index contributed by atoms with van der Waals surface area (Å²) in [6.45, 7) is 2.23. The van der Waals surface area contributed by atoms with Crippen molar-refractivity contribution in [2.75, 3.05) is 44.4 Å².